The number of hydrogen-bond acceptors (Lipinski definition) is 4. The van der Waals surface area contributed by atoms with Crippen LogP contribution in [-0.2, 0) is 22.7 Å². The number of benzene rings is 1. The number of nitrogens with one attached hydrogen (secondary N) is 1. The molecule has 1 N–H and O–H groups in total. The van der Waals surface area contributed by atoms with Crippen molar-refractivity contribution in [2.75, 3.05) is 32.6 Å². The van der Waals surface area contributed by atoms with Crippen molar-refractivity contribution in [1.29, 1.82) is 0 Å². The summed E-state index contributed by atoms with van der Waals surface area (Å²) >= 11 is 0. The van der Waals surface area contributed by atoms with Gasteiger partial charge < -0.3 is 15.0 Å². The number of aromatic nitrogens is 2. The minimum atomic E-state index is -0.00882. The highest BCUT2D eigenvalue weighted by atomic mass is 16.5. The fourth-order valence-corrected chi connectivity index (χ4v) is 2.18. The quantitative estimate of drug-likeness (QED) is 0.680. The molecule has 1 heterocycles. The molecule has 0 bridgehead atoms. The first kappa shape index (κ1) is 18.2. The van der Waals surface area contributed by atoms with Gasteiger partial charge in [-0.25, -0.2) is 0 Å². The summed E-state index contributed by atoms with van der Waals surface area (Å²) in [4.78, 5) is 14.0. The molecule has 6 heteroatoms. The number of anilines is 1. The fourth-order valence-electron chi connectivity index (χ4n) is 2.18. The average Bonchev–Trinajstić information content (AvgIpc) is 3.01. The molecular weight excluding hydrogens is 304 g/mol. The Morgan fingerprint density at radius 2 is 2.08 bits per heavy atom. The summed E-state index contributed by atoms with van der Waals surface area (Å²) in [6.45, 7) is 2.87. The summed E-state index contributed by atoms with van der Waals surface area (Å²) in [5.41, 5.74) is 1.89. The number of carbonyl (C=O) groups excluding carboxylic acids is 1. The van der Waals surface area contributed by atoms with Gasteiger partial charge >= 0.3 is 0 Å². The Labute approximate surface area is 143 Å². The van der Waals surface area contributed by atoms with Crippen LogP contribution >= 0.6 is 0 Å². The lowest BCUT2D eigenvalue weighted by Crippen LogP contribution is -2.18. The van der Waals surface area contributed by atoms with Crippen molar-refractivity contribution >= 4 is 11.6 Å². The first-order valence-electron chi connectivity index (χ1n) is 8.22. The van der Waals surface area contributed by atoms with Crippen LogP contribution in [0.2, 0.25) is 0 Å². The molecule has 2 aromatic rings. The Balaban J connectivity index is 1.59. The average molecular weight is 330 g/mol. The van der Waals surface area contributed by atoms with E-state index in [1.165, 1.54) is 0 Å². The van der Waals surface area contributed by atoms with Gasteiger partial charge in [0.05, 0.1) is 25.0 Å². The number of rotatable bonds is 10. The van der Waals surface area contributed by atoms with Crippen LogP contribution in [-0.4, -0.2) is 47.8 Å². The van der Waals surface area contributed by atoms with Gasteiger partial charge in [-0.05, 0) is 26.1 Å². The van der Waals surface area contributed by atoms with Gasteiger partial charge in [0, 0.05) is 25.8 Å². The van der Waals surface area contributed by atoms with Crippen molar-refractivity contribution in [2.45, 2.75) is 26.0 Å². The summed E-state index contributed by atoms with van der Waals surface area (Å²) in [5, 5.41) is 7.10. The summed E-state index contributed by atoms with van der Waals surface area (Å²) in [5.74, 6) is -0.00882. The molecule has 0 radical (unpaired) electrons. The molecule has 0 saturated heterocycles. The molecule has 0 saturated carbocycles. The van der Waals surface area contributed by atoms with Crippen LogP contribution in [0, 0.1) is 0 Å². The molecule has 0 aliphatic rings. The van der Waals surface area contributed by atoms with Crippen LogP contribution in [0.15, 0.2) is 42.7 Å². The molecular formula is C18H26N4O2. The Bertz CT molecular complexity index is 610. The summed E-state index contributed by atoms with van der Waals surface area (Å²) < 4.78 is 7.41. The monoisotopic (exact) mass is 330 g/mol. The van der Waals surface area contributed by atoms with Gasteiger partial charge in [-0.3, -0.25) is 9.48 Å². The summed E-state index contributed by atoms with van der Waals surface area (Å²) in [6, 6.07) is 10.0. The molecule has 1 aromatic heterocycles. The van der Waals surface area contributed by atoms with E-state index in [9.17, 15) is 4.79 Å². The molecule has 130 valence electrons. The lowest BCUT2D eigenvalue weighted by Gasteiger charge is -2.08. The van der Waals surface area contributed by atoms with Gasteiger partial charge in [0.25, 0.3) is 0 Å². The molecule has 24 heavy (non-hydrogen) atoms. The van der Waals surface area contributed by atoms with E-state index in [1.54, 1.807) is 6.20 Å². The summed E-state index contributed by atoms with van der Waals surface area (Å²) in [6.07, 6.45) is 4.68. The molecule has 2 rings (SSSR count). The van der Waals surface area contributed by atoms with Crippen molar-refractivity contribution in [3.8, 4) is 0 Å². The predicted octanol–water partition coefficient (Wildman–Crippen LogP) is 2.38. The number of nitrogens with zero attached hydrogens (tertiary/aromatic N) is 3. The Hall–Kier alpha value is -2.18. The second-order valence-corrected chi connectivity index (χ2v) is 5.99. The molecule has 0 atom stereocenters. The number of hydrogen-bond donors (Lipinski definition) is 1. The minimum absolute atomic E-state index is 0.00882. The highest BCUT2D eigenvalue weighted by Gasteiger charge is 2.05. The SMILES string of the molecule is CN(C)CCn1cc(NC(=O)CCCOCc2ccccc2)cn1. The van der Waals surface area contributed by atoms with Crippen LogP contribution in [0.3, 0.4) is 0 Å². The highest BCUT2D eigenvalue weighted by Crippen LogP contribution is 2.07. The third-order valence-corrected chi connectivity index (χ3v) is 3.50. The largest absolute Gasteiger partial charge is 0.377 e. The van der Waals surface area contributed by atoms with Gasteiger partial charge in [0.15, 0.2) is 0 Å². The Morgan fingerprint density at radius 3 is 2.83 bits per heavy atom. The third kappa shape index (κ3) is 6.93. The van der Waals surface area contributed by atoms with E-state index < -0.39 is 0 Å². The maximum Gasteiger partial charge on any atom is 0.224 e. The molecule has 1 aromatic carbocycles. The minimum Gasteiger partial charge on any atom is -0.377 e. The molecule has 0 spiro atoms. The predicted molar refractivity (Wildman–Crippen MR) is 94.7 cm³/mol. The van der Waals surface area contributed by atoms with Crippen LogP contribution in [0.1, 0.15) is 18.4 Å². The van der Waals surface area contributed by atoms with E-state index in [4.69, 9.17) is 4.74 Å². The maximum absolute atomic E-state index is 11.9. The standard InChI is InChI=1S/C18H26N4O2/c1-21(2)10-11-22-14-17(13-19-22)20-18(23)9-6-12-24-15-16-7-4-3-5-8-16/h3-5,7-8,13-14H,6,9-12,15H2,1-2H3,(H,20,23). The van der Waals surface area contributed by atoms with E-state index in [1.807, 2.05) is 55.3 Å². The highest BCUT2D eigenvalue weighted by molar-refractivity contribution is 5.90. The van der Waals surface area contributed by atoms with Gasteiger partial charge in [-0.15, -0.1) is 0 Å². The number of amides is 1. The smallest absolute Gasteiger partial charge is 0.224 e. The first-order valence-corrected chi connectivity index (χ1v) is 8.22. The Morgan fingerprint density at radius 1 is 1.29 bits per heavy atom. The van der Waals surface area contributed by atoms with E-state index in [0.29, 0.717) is 26.1 Å². The zero-order chi connectivity index (χ0) is 17.2. The molecule has 0 aliphatic heterocycles. The van der Waals surface area contributed by atoms with E-state index in [0.717, 1.165) is 24.3 Å². The van der Waals surface area contributed by atoms with Crippen molar-refractivity contribution in [3.63, 3.8) is 0 Å². The topological polar surface area (TPSA) is 59.4 Å². The van der Waals surface area contributed by atoms with Gasteiger partial charge in [0.1, 0.15) is 0 Å². The van der Waals surface area contributed by atoms with Gasteiger partial charge in [-0.1, -0.05) is 30.3 Å². The van der Waals surface area contributed by atoms with E-state index in [2.05, 4.69) is 15.3 Å². The maximum atomic E-state index is 11.9. The number of carbonyl (C=O) groups is 1. The van der Waals surface area contributed by atoms with Gasteiger partial charge in [0.2, 0.25) is 5.91 Å². The second-order valence-electron chi connectivity index (χ2n) is 5.99. The third-order valence-electron chi connectivity index (χ3n) is 3.50. The van der Waals surface area contributed by atoms with Crippen molar-refractivity contribution in [3.05, 3.63) is 48.3 Å². The molecule has 0 aliphatic carbocycles. The fraction of sp³-hybridized carbons (Fsp3) is 0.444. The van der Waals surface area contributed by atoms with Crippen LogP contribution in [0.25, 0.3) is 0 Å². The number of ether oxygens (including phenoxy) is 1. The number of likely N-dealkylation sites (N-methyl/N-ethyl adjacent to an activating group) is 1. The van der Waals surface area contributed by atoms with Crippen molar-refractivity contribution < 1.29 is 9.53 Å². The lowest BCUT2D eigenvalue weighted by atomic mass is 10.2. The van der Waals surface area contributed by atoms with Crippen LogP contribution in [0.4, 0.5) is 5.69 Å². The van der Waals surface area contributed by atoms with Crippen LogP contribution in [0.5, 0.6) is 0 Å². The molecule has 0 fully saturated rings. The lowest BCUT2D eigenvalue weighted by molar-refractivity contribution is -0.116. The van der Waals surface area contributed by atoms with E-state index in [-0.39, 0.29) is 5.91 Å². The Kier molecular flexibility index (Phi) is 7.45. The second kappa shape index (κ2) is 9.85. The normalized spacial score (nSPS) is 11.0. The van der Waals surface area contributed by atoms with Crippen LogP contribution < -0.4 is 5.32 Å². The van der Waals surface area contributed by atoms with Crippen molar-refractivity contribution in [2.24, 2.45) is 0 Å². The van der Waals surface area contributed by atoms with Gasteiger partial charge in [-0.2, -0.15) is 5.10 Å². The zero-order valence-corrected chi connectivity index (χ0v) is 14.4. The van der Waals surface area contributed by atoms with Crippen molar-refractivity contribution in [1.82, 2.24) is 14.7 Å². The molecule has 6 nitrogen and oxygen atoms in total. The molecule has 1 amide bonds. The molecule has 0 unspecified atom stereocenters. The zero-order valence-electron chi connectivity index (χ0n) is 14.4. The summed E-state index contributed by atoms with van der Waals surface area (Å²) in [7, 11) is 4.04. The first-order chi connectivity index (χ1) is 11.6. The van der Waals surface area contributed by atoms with E-state index >= 15 is 0 Å².